The van der Waals surface area contributed by atoms with Gasteiger partial charge in [-0.25, -0.2) is 0 Å². The predicted molar refractivity (Wildman–Crippen MR) is 278 cm³/mol. The number of aromatic nitrogens is 1. The van der Waals surface area contributed by atoms with Crippen molar-refractivity contribution in [2.75, 3.05) is 40.9 Å². The van der Waals surface area contributed by atoms with Crippen LogP contribution in [0.15, 0.2) is 54.2 Å². The van der Waals surface area contributed by atoms with Crippen LogP contribution in [-0.4, -0.2) is 150 Å². The maximum Gasteiger partial charge on any atom is 0.737 e. The number of fused-ring (bicyclic) bond motifs is 2. The van der Waals surface area contributed by atoms with Gasteiger partial charge in [-0.2, -0.15) is 0 Å². The first-order valence-corrected chi connectivity index (χ1v) is 25.7. The number of carbonyl (C=O) groups excluding carboxylic acids is 6. The number of methoxy groups -OCH3 is 2. The SMILES string of the molecule is CCC(C)C(C(CC(=O)N1CCCC1C(OC)C(C)C(=O)NC(Cc1ccccc1)C(=O)NCCNC(=O)CCC1=[N+]2C(=Cc3c(C)cc(C)n3[B-]2(F)F)C=C1)OC)N(C)C(=O)C(NC(=O)C(C)(C)N)C(C)C. The standard InChI is InChI=1S/C53H80BF2N9O8/c1-13-33(4)47(62(10)51(70)46(32(2)3)61-52(71)53(8,9)57)43(72-11)31-45(67)63-27-17-20-41(63)48(73-12)36(7)49(68)60-40(29-37-18-15-14-16-19-37)50(69)59-26-25-58-44(66)24-23-38-21-22-39-30-42-34(5)28-35(6)64(42)54(55,56)65(38)39/h14-16,18-19,21-22,28,30,32-33,36,40-41,43,46-48H,13,17,20,23-27,29,31,57H2,1-12H3,(H,58,66)(H,59,69)(H,60,68)(H,61,71). The topological polar surface area (TPSA) is 209 Å². The zero-order valence-corrected chi connectivity index (χ0v) is 44.9. The number of hydrogen-bond acceptors (Lipinski definition) is 9. The number of nitrogens with zero attached hydrogens (tertiary/aromatic N) is 4. The molecule has 3 aliphatic rings. The summed E-state index contributed by atoms with van der Waals surface area (Å²) in [6.07, 6.45) is 5.58. The Morgan fingerprint density at radius 2 is 1.63 bits per heavy atom. The second kappa shape index (κ2) is 25.0. The fourth-order valence-electron chi connectivity index (χ4n) is 10.5. The molecule has 3 aliphatic heterocycles. The molecular formula is C53H80BF2N9O8. The number of allylic oxidation sites excluding steroid dienone is 2. The van der Waals surface area contributed by atoms with Gasteiger partial charge in [-0.1, -0.05) is 71.4 Å². The number of rotatable bonds is 25. The molecule has 402 valence electrons. The Kier molecular flexibility index (Phi) is 19.9. The number of hydrogen-bond donors (Lipinski definition) is 5. The minimum Gasteiger partial charge on any atom is -0.394 e. The minimum absolute atomic E-state index is 0.0403. The van der Waals surface area contributed by atoms with Gasteiger partial charge in [-0.3, -0.25) is 28.8 Å². The highest BCUT2D eigenvalue weighted by molar-refractivity contribution is 6.58. The monoisotopic (exact) mass is 1020 g/mol. The van der Waals surface area contributed by atoms with E-state index in [0.717, 1.165) is 20.1 Å². The first-order chi connectivity index (χ1) is 34.4. The summed E-state index contributed by atoms with van der Waals surface area (Å²) >= 11 is 0. The van der Waals surface area contributed by atoms with Crippen LogP contribution in [0.2, 0.25) is 0 Å². The van der Waals surface area contributed by atoms with Crippen molar-refractivity contribution in [2.45, 2.75) is 149 Å². The maximum absolute atomic E-state index is 15.9. The third kappa shape index (κ3) is 13.7. The van der Waals surface area contributed by atoms with Gasteiger partial charge in [-0.05, 0) is 75.3 Å². The van der Waals surface area contributed by atoms with Crippen molar-refractivity contribution < 1.29 is 51.4 Å². The van der Waals surface area contributed by atoms with Gasteiger partial charge in [0.05, 0.1) is 42.2 Å². The van der Waals surface area contributed by atoms with Gasteiger partial charge < -0.3 is 63.9 Å². The minimum atomic E-state index is -4.15. The highest BCUT2D eigenvalue weighted by atomic mass is 19.2. The van der Waals surface area contributed by atoms with E-state index in [9.17, 15) is 28.8 Å². The quantitative estimate of drug-likeness (QED) is 0.0711. The Bertz CT molecular complexity index is 2420. The van der Waals surface area contributed by atoms with Crippen LogP contribution in [0.5, 0.6) is 0 Å². The number of aryl methyl sites for hydroxylation is 2. The maximum atomic E-state index is 15.9. The zero-order chi connectivity index (χ0) is 54.1. The molecule has 5 rings (SSSR count). The Hall–Kier alpha value is -5.73. The third-order valence-corrected chi connectivity index (χ3v) is 14.7. The summed E-state index contributed by atoms with van der Waals surface area (Å²) in [4.78, 5) is 85.7. The summed E-state index contributed by atoms with van der Waals surface area (Å²) < 4.78 is 45.9. The highest BCUT2D eigenvalue weighted by Gasteiger charge is 2.52. The van der Waals surface area contributed by atoms with Crippen LogP contribution < -0.4 is 27.0 Å². The number of halogens is 2. The Morgan fingerprint density at radius 3 is 2.25 bits per heavy atom. The summed E-state index contributed by atoms with van der Waals surface area (Å²) in [5, 5.41) is 11.4. The van der Waals surface area contributed by atoms with Crippen molar-refractivity contribution in [3.8, 4) is 0 Å². The van der Waals surface area contributed by atoms with Gasteiger partial charge in [0.15, 0.2) is 5.70 Å². The molecule has 0 saturated carbocycles. The number of nitrogens with two attached hydrogens (primary N) is 1. The molecule has 2 aromatic rings. The molecule has 4 heterocycles. The molecule has 20 heteroatoms. The molecule has 6 N–H and O–H groups in total. The second-order valence-corrected chi connectivity index (χ2v) is 21.0. The fourth-order valence-corrected chi connectivity index (χ4v) is 10.5. The van der Waals surface area contributed by atoms with Gasteiger partial charge in [0.2, 0.25) is 35.4 Å². The lowest BCUT2D eigenvalue weighted by Crippen LogP contribution is -2.60. The fraction of sp³-hybridized carbons (Fsp3) is 0.604. The lowest BCUT2D eigenvalue weighted by atomic mass is 9.89. The van der Waals surface area contributed by atoms with E-state index >= 15 is 8.63 Å². The lowest BCUT2D eigenvalue weighted by Gasteiger charge is -2.41. The van der Waals surface area contributed by atoms with Gasteiger partial charge in [0, 0.05) is 84.1 Å². The zero-order valence-electron chi connectivity index (χ0n) is 44.9. The lowest BCUT2D eigenvalue weighted by molar-refractivity contribution is -0.362. The van der Waals surface area contributed by atoms with E-state index in [2.05, 4.69) is 21.3 Å². The predicted octanol–water partition coefficient (Wildman–Crippen LogP) is 4.24. The van der Waals surface area contributed by atoms with Crippen molar-refractivity contribution in [3.63, 3.8) is 0 Å². The van der Waals surface area contributed by atoms with Gasteiger partial charge >= 0.3 is 6.97 Å². The van der Waals surface area contributed by atoms with E-state index in [0.29, 0.717) is 48.6 Å². The molecule has 8 unspecified atom stereocenters. The number of carbonyl (C=O) groups is 6. The Balaban J connectivity index is 1.20. The number of benzene rings is 1. The summed E-state index contributed by atoms with van der Waals surface area (Å²) in [6, 6.07) is 8.06. The van der Waals surface area contributed by atoms with Gasteiger partial charge in [-0.15, -0.1) is 0 Å². The van der Waals surface area contributed by atoms with E-state index in [4.69, 9.17) is 15.2 Å². The van der Waals surface area contributed by atoms with Crippen LogP contribution in [0.3, 0.4) is 0 Å². The van der Waals surface area contributed by atoms with Crippen molar-refractivity contribution in [3.05, 3.63) is 76.8 Å². The van der Waals surface area contributed by atoms with Crippen LogP contribution >= 0.6 is 0 Å². The average molecular weight is 1020 g/mol. The van der Waals surface area contributed by atoms with Crippen molar-refractivity contribution in [1.82, 2.24) is 35.5 Å². The molecule has 1 aromatic heterocycles. The van der Waals surface area contributed by atoms with Crippen molar-refractivity contribution in [1.29, 1.82) is 0 Å². The van der Waals surface area contributed by atoms with Crippen LogP contribution in [-0.2, 0) is 44.7 Å². The number of ether oxygens (including phenoxy) is 2. The van der Waals surface area contributed by atoms with E-state index in [-0.39, 0.29) is 68.3 Å². The molecular weight excluding hydrogens is 939 g/mol. The van der Waals surface area contributed by atoms with E-state index in [1.807, 2.05) is 58.0 Å². The van der Waals surface area contributed by atoms with Crippen LogP contribution in [0, 0.1) is 31.6 Å². The molecule has 73 heavy (non-hydrogen) atoms. The molecule has 17 nitrogen and oxygen atoms in total. The van der Waals surface area contributed by atoms with E-state index in [1.165, 1.54) is 14.2 Å². The summed E-state index contributed by atoms with van der Waals surface area (Å²) in [5.74, 6) is -3.48. The summed E-state index contributed by atoms with van der Waals surface area (Å²) in [5.41, 5.74) is 8.08. The number of likely N-dealkylation sites (tertiary alicyclic amines) is 1. The number of likely N-dealkylation sites (N-methyl/N-ethyl adjacent to an activating group) is 1. The normalized spacial score (nSPS) is 18.9. The van der Waals surface area contributed by atoms with Crippen LogP contribution in [0.4, 0.5) is 8.63 Å². The second-order valence-electron chi connectivity index (χ2n) is 21.0. The molecule has 0 radical (unpaired) electrons. The van der Waals surface area contributed by atoms with E-state index in [1.54, 1.807) is 75.8 Å². The van der Waals surface area contributed by atoms with Gasteiger partial charge in [0.25, 0.3) is 0 Å². The number of nitrogens with one attached hydrogen (secondary N) is 4. The molecule has 0 bridgehead atoms. The first-order valence-electron chi connectivity index (χ1n) is 25.7. The highest BCUT2D eigenvalue weighted by Crippen LogP contribution is 2.35. The molecule has 8 atom stereocenters. The Labute approximate surface area is 430 Å². The molecule has 1 fully saturated rings. The molecule has 6 amide bonds. The van der Waals surface area contributed by atoms with Crippen LogP contribution in [0.1, 0.15) is 110 Å². The molecule has 1 saturated heterocycles. The summed E-state index contributed by atoms with van der Waals surface area (Å²) in [7, 11) is 4.67. The largest absolute Gasteiger partial charge is 0.737 e. The molecule has 0 aliphatic carbocycles. The first kappa shape index (κ1) is 58.2. The average Bonchev–Trinajstić information content (AvgIpc) is 4.08. The Morgan fingerprint density at radius 1 is 0.959 bits per heavy atom. The molecule has 1 aromatic carbocycles. The van der Waals surface area contributed by atoms with Crippen molar-refractivity contribution in [2.24, 2.45) is 23.5 Å². The van der Waals surface area contributed by atoms with Crippen molar-refractivity contribution >= 4 is 54.2 Å². The summed E-state index contributed by atoms with van der Waals surface area (Å²) in [6.45, 7) is 12.4. The number of amides is 6. The molecule has 0 spiro atoms. The third-order valence-electron chi connectivity index (χ3n) is 14.7. The smallest absolute Gasteiger partial charge is 0.394 e. The van der Waals surface area contributed by atoms with Crippen LogP contribution in [0.25, 0.3) is 6.08 Å². The van der Waals surface area contributed by atoms with E-state index < -0.39 is 72.5 Å². The van der Waals surface area contributed by atoms with Gasteiger partial charge in [0.1, 0.15) is 17.8 Å².